The van der Waals surface area contributed by atoms with Gasteiger partial charge in [-0.3, -0.25) is 4.98 Å². The molecule has 1 N–H and O–H groups in total. The molecule has 0 saturated heterocycles. The van der Waals surface area contributed by atoms with Crippen LogP contribution in [0.25, 0.3) is 10.9 Å². The van der Waals surface area contributed by atoms with Gasteiger partial charge in [-0.15, -0.1) is 0 Å². The van der Waals surface area contributed by atoms with Crippen molar-refractivity contribution in [2.75, 3.05) is 34.9 Å². The fourth-order valence-electron chi connectivity index (χ4n) is 4.87. The second-order valence-electron chi connectivity index (χ2n) is 9.57. The number of methoxy groups -OCH3 is 2. The Morgan fingerprint density at radius 1 is 1.08 bits per heavy atom. The van der Waals surface area contributed by atoms with Crippen molar-refractivity contribution in [1.29, 1.82) is 5.26 Å². The number of ether oxygens (including phenoxy) is 2. The summed E-state index contributed by atoms with van der Waals surface area (Å²) in [6.45, 7) is 2.36. The number of hydrogen-bond acceptors (Lipinski definition) is 7. The maximum absolute atomic E-state index is 16.0. The number of nitriles is 1. The van der Waals surface area contributed by atoms with Gasteiger partial charge in [-0.05, 0) is 75.5 Å². The van der Waals surface area contributed by atoms with Crippen molar-refractivity contribution < 1.29 is 19.0 Å². The fourth-order valence-corrected chi connectivity index (χ4v) is 4.87. The molecule has 0 aliphatic rings. The van der Waals surface area contributed by atoms with E-state index in [1.165, 1.54) is 14.2 Å². The van der Waals surface area contributed by atoms with Crippen molar-refractivity contribution in [3.8, 4) is 17.7 Å². The average Bonchev–Trinajstić information content (AvgIpc) is 2.92. The van der Waals surface area contributed by atoms with Crippen molar-refractivity contribution >= 4 is 10.9 Å². The third-order valence-electron chi connectivity index (χ3n) is 6.78. The van der Waals surface area contributed by atoms with Gasteiger partial charge >= 0.3 is 0 Å². The summed E-state index contributed by atoms with van der Waals surface area (Å²) in [5.41, 5.74) is 1.51. The molecular formula is C30H31FN4O3. The van der Waals surface area contributed by atoms with Gasteiger partial charge in [-0.25, -0.2) is 9.37 Å². The van der Waals surface area contributed by atoms with E-state index in [9.17, 15) is 10.4 Å². The highest BCUT2D eigenvalue weighted by Crippen LogP contribution is 2.49. The molecule has 196 valence electrons. The third-order valence-corrected chi connectivity index (χ3v) is 6.78. The second-order valence-corrected chi connectivity index (χ2v) is 9.57. The molecule has 38 heavy (non-hydrogen) atoms. The van der Waals surface area contributed by atoms with E-state index in [2.05, 4.69) is 16.0 Å². The van der Waals surface area contributed by atoms with Crippen molar-refractivity contribution in [3.63, 3.8) is 0 Å². The van der Waals surface area contributed by atoms with Crippen LogP contribution in [0.4, 0.5) is 4.39 Å². The molecule has 0 amide bonds. The Hall–Kier alpha value is -4.06. The monoisotopic (exact) mass is 514 g/mol. The quantitative estimate of drug-likeness (QED) is 0.338. The van der Waals surface area contributed by atoms with E-state index < -0.39 is 17.3 Å². The Bertz CT molecular complexity index is 1500. The first-order valence-corrected chi connectivity index (χ1v) is 12.2. The molecule has 4 aromatic rings. The van der Waals surface area contributed by atoms with E-state index >= 15 is 4.39 Å². The molecule has 4 rings (SSSR count). The standard InChI is InChI=1S/C30H31FN4O3/c1-19-15-22(11-13-33-19)30(36,12-14-35(2)3)27(23-7-6-8-26(37-4)28(23)31)24-17-21-16-20(18-32)9-10-25(21)34-29(24)38-5/h6-11,13,15-17,27,36H,12,14H2,1-5H3. The normalized spacial score (nSPS) is 13.7. The molecule has 0 spiro atoms. The lowest BCUT2D eigenvalue weighted by atomic mass is 9.71. The number of halogens is 1. The summed E-state index contributed by atoms with van der Waals surface area (Å²) in [5, 5.41) is 22.8. The molecule has 2 atom stereocenters. The lowest BCUT2D eigenvalue weighted by molar-refractivity contribution is 0.00268. The molecule has 2 unspecified atom stereocenters. The summed E-state index contributed by atoms with van der Waals surface area (Å²) in [6, 6.07) is 17.6. The zero-order chi connectivity index (χ0) is 27.4. The zero-order valence-corrected chi connectivity index (χ0v) is 22.2. The van der Waals surface area contributed by atoms with Crippen LogP contribution >= 0.6 is 0 Å². The lowest BCUT2D eigenvalue weighted by Gasteiger charge is -2.39. The van der Waals surface area contributed by atoms with Crippen LogP contribution in [0.5, 0.6) is 11.6 Å². The highest BCUT2D eigenvalue weighted by Gasteiger charge is 2.44. The zero-order valence-electron chi connectivity index (χ0n) is 22.2. The number of rotatable bonds is 9. The number of aliphatic hydroxyl groups is 1. The molecule has 0 fully saturated rings. The smallest absolute Gasteiger partial charge is 0.217 e. The van der Waals surface area contributed by atoms with Crippen LogP contribution in [0, 0.1) is 24.1 Å². The van der Waals surface area contributed by atoms with Gasteiger partial charge in [-0.1, -0.05) is 12.1 Å². The Balaban J connectivity index is 2.10. The molecule has 8 heteroatoms. The molecular weight excluding hydrogens is 483 g/mol. The van der Waals surface area contributed by atoms with E-state index in [0.29, 0.717) is 34.1 Å². The summed E-state index contributed by atoms with van der Waals surface area (Å²) >= 11 is 0. The van der Waals surface area contributed by atoms with Crippen LogP contribution in [-0.2, 0) is 5.60 Å². The van der Waals surface area contributed by atoms with Gasteiger partial charge < -0.3 is 19.5 Å². The topological polar surface area (TPSA) is 91.5 Å². The van der Waals surface area contributed by atoms with E-state index in [-0.39, 0.29) is 23.6 Å². The summed E-state index contributed by atoms with van der Waals surface area (Å²) in [7, 11) is 6.74. The maximum Gasteiger partial charge on any atom is 0.217 e. The van der Waals surface area contributed by atoms with Gasteiger partial charge in [0.15, 0.2) is 11.6 Å². The van der Waals surface area contributed by atoms with Gasteiger partial charge in [0, 0.05) is 34.9 Å². The maximum atomic E-state index is 16.0. The predicted molar refractivity (Wildman–Crippen MR) is 144 cm³/mol. The van der Waals surface area contributed by atoms with Gasteiger partial charge in [-0.2, -0.15) is 5.26 Å². The molecule has 2 aromatic heterocycles. The minimum absolute atomic E-state index is 0.0628. The number of aromatic nitrogens is 2. The minimum Gasteiger partial charge on any atom is -0.494 e. The number of hydrogen-bond donors (Lipinski definition) is 1. The fraction of sp³-hybridized carbons (Fsp3) is 0.300. The first kappa shape index (κ1) is 27.0. The minimum atomic E-state index is -1.60. The summed E-state index contributed by atoms with van der Waals surface area (Å²) in [5.74, 6) is -1.21. The van der Waals surface area contributed by atoms with Gasteiger partial charge in [0.2, 0.25) is 5.88 Å². The number of aryl methyl sites for hydroxylation is 1. The largest absolute Gasteiger partial charge is 0.494 e. The Morgan fingerprint density at radius 2 is 1.87 bits per heavy atom. The molecule has 2 aromatic carbocycles. The first-order chi connectivity index (χ1) is 18.2. The molecule has 0 aliphatic carbocycles. The van der Waals surface area contributed by atoms with Crippen molar-refractivity contribution in [1.82, 2.24) is 14.9 Å². The molecule has 0 radical (unpaired) electrons. The van der Waals surface area contributed by atoms with Crippen molar-refractivity contribution in [2.24, 2.45) is 0 Å². The third kappa shape index (κ3) is 5.17. The second kappa shape index (κ2) is 11.1. The summed E-state index contributed by atoms with van der Waals surface area (Å²) in [4.78, 5) is 11.0. The summed E-state index contributed by atoms with van der Waals surface area (Å²) in [6.07, 6.45) is 1.91. The Labute approximate surface area is 222 Å². The summed E-state index contributed by atoms with van der Waals surface area (Å²) < 4.78 is 27.1. The van der Waals surface area contributed by atoms with Crippen LogP contribution < -0.4 is 9.47 Å². The average molecular weight is 515 g/mol. The van der Waals surface area contributed by atoms with Crippen LogP contribution in [0.2, 0.25) is 0 Å². The molecule has 0 bridgehead atoms. The Morgan fingerprint density at radius 3 is 2.53 bits per heavy atom. The highest BCUT2D eigenvalue weighted by atomic mass is 19.1. The van der Waals surface area contributed by atoms with Crippen molar-refractivity contribution in [2.45, 2.75) is 24.9 Å². The van der Waals surface area contributed by atoms with E-state index in [1.54, 1.807) is 48.7 Å². The number of nitrogens with zero attached hydrogens (tertiary/aromatic N) is 4. The van der Waals surface area contributed by atoms with Crippen LogP contribution in [0.15, 0.2) is 60.8 Å². The van der Waals surface area contributed by atoms with Crippen LogP contribution in [0.3, 0.4) is 0 Å². The van der Waals surface area contributed by atoms with Gasteiger partial charge in [0.05, 0.1) is 37.3 Å². The van der Waals surface area contributed by atoms with Gasteiger partial charge in [0.25, 0.3) is 0 Å². The van der Waals surface area contributed by atoms with Gasteiger partial charge in [0.1, 0.15) is 5.60 Å². The molecule has 2 heterocycles. The number of benzene rings is 2. The Kier molecular flexibility index (Phi) is 7.91. The molecule has 0 saturated carbocycles. The van der Waals surface area contributed by atoms with Crippen molar-refractivity contribution in [3.05, 3.63) is 94.6 Å². The SMILES string of the molecule is COc1cccc(C(c2cc3cc(C#N)ccc3nc2OC)C(O)(CCN(C)C)c2ccnc(C)c2)c1F. The van der Waals surface area contributed by atoms with Crippen LogP contribution in [-0.4, -0.2) is 54.8 Å². The first-order valence-electron chi connectivity index (χ1n) is 12.2. The molecule has 7 nitrogen and oxygen atoms in total. The van der Waals surface area contributed by atoms with E-state index in [4.69, 9.17) is 9.47 Å². The lowest BCUT2D eigenvalue weighted by Crippen LogP contribution is -2.38. The number of pyridine rings is 2. The van der Waals surface area contributed by atoms with E-state index in [0.717, 1.165) is 5.69 Å². The number of fused-ring (bicyclic) bond motifs is 1. The highest BCUT2D eigenvalue weighted by molar-refractivity contribution is 5.82. The van der Waals surface area contributed by atoms with E-state index in [1.807, 2.05) is 38.1 Å². The molecule has 0 aliphatic heterocycles. The van der Waals surface area contributed by atoms with Crippen LogP contribution in [0.1, 0.15) is 40.3 Å². The predicted octanol–water partition coefficient (Wildman–Crippen LogP) is 4.94.